The third-order valence-corrected chi connectivity index (χ3v) is 1.57. The fraction of sp³-hybridized carbons (Fsp3) is 0.455. The van der Waals surface area contributed by atoms with Crippen molar-refractivity contribution in [1.29, 1.82) is 0 Å². The summed E-state index contributed by atoms with van der Waals surface area (Å²) in [5.41, 5.74) is 2.42. The molecule has 0 heteroatoms. The smallest absolute Gasteiger partial charge is 0.0306 e. The van der Waals surface area contributed by atoms with E-state index in [2.05, 4.69) is 45.6 Å². The fourth-order valence-corrected chi connectivity index (χ4v) is 0.829. The fourth-order valence-electron chi connectivity index (χ4n) is 0.829. The Kier molecular flexibility index (Phi) is 5.54. The van der Waals surface area contributed by atoms with Crippen LogP contribution < -0.4 is 0 Å². The highest BCUT2D eigenvalue weighted by Gasteiger charge is 1.88. The highest BCUT2D eigenvalue weighted by atomic mass is 13.9. The van der Waals surface area contributed by atoms with Crippen LogP contribution in [0.3, 0.4) is 0 Å². The van der Waals surface area contributed by atoms with Crippen LogP contribution in [0.5, 0.6) is 0 Å². The van der Waals surface area contributed by atoms with Crippen molar-refractivity contribution in [3.63, 3.8) is 0 Å². The molecule has 0 unspecified atom stereocenters. The van der Waals surface area contributed by atoms with Crippen LogP contribution in [0.15, 0.2) is 36.0 Å². The van der Waals surface area contributed by atoms with Crippen LogP contribution in [0.2, 0.25) is 0 Å². The van der Waals surface area contributed by atoms with E-state index in [1.165, 1.54) is 5.57 Å². The molecule has 0 aromatic carbocycles. The molecule has 0 aliphatic heterocycles. The van der Waals surface area contributed by atoms with Crippen molar-refractivity contribution in [3.05, 3.63) is 36.0 Å². The van der Waals surface area contributed by atoms with E-state index in [4.69, 9.17) is 0 Å². The van der Waals surface area contributed by atoms with Gasteiger partial charge in [-0.2, -0.15) is 0 Å². The zero-order valence-corrected chi connectivity index (χ0v) is 7.85. The Morgan fingerprint density at radius 2 is 1.91 bits per heavy atom. The van der Waals surface area contributed by atoms with E-state index in [1.807, 2.05) is 0 Å². The van der Waals surface area contributed by atoms with Crippen molar-refractivity contribution in [1.82, 2.24) is 0 Å². The third kappa shape index (κ3) is 4.60. The minimum absolute atomic E-state index is 1.08. The molecule has 0 atom stereocenters. The molecular formula is C11H18. The van der Waals surface area contributed by atoms with Gasteiger partial charge >= 0.3 is 0 Å². The Labute approximate surface area is 70.3 Å². The molecule has 0 spiro atoms. The standard InChI is InChI=1S/C11H18/c1-5-7-9-11(4)10(3)8-6-2/h7-9H,4-6H2,1-3H3/b9-7-,10-8+. The number of hydrogen-bond donors (Lipinski definition) is 0. The molecule has 0 radical (unpaired) electrons. The molecule has 62 valence electrons. The van der Waals surface area contributed by atoms with Gasteiger partial charge in [-0.1, -0.05) is 38.7 Å². The van der Waals surface area contributed by atoms with Gasteiger partial charge in [-0.05, 0) is 30.9 Å². The molecule has 0 nitrogen and oxygen atoms in total. The van der Waals surface area contributed by atoms with E-state index in [1.54, 1.807) is 0 Å². The lowest BCUT2D eigenvalue weighted by molar-refractivity contribution is 1.18. The van der Waals surface area contributed by atoms with Gasteiger partial charge in [-0.3, -0.25) is 0 Å². The molecule has 0 rings (SSSR count). The maximum absolute atomic E-state index is 3.96. The molecular weight excluding hydrogens is 132 g/mol. The second kappa shape index (κ2) is 5.96. The highest BCUT2D eigenvalue weighted by molar-refractivity contribution is 5.35. The average Bonchev–Trinajstić information content (AvgIpc) is 2.00. The van der Waals surface area contributed by atoms with Crippen molar-refractivity contribution >= 4 is 0 Å². The Hall–Kier alpha value is -0.780. The van der Waals surface area contributed by atoms with Crippen molar-refractivity contribution < 1.29 is 0 Å². The van der Waals surface area contributed by atoms with Gasteiger partial charge in [0.15, 0.2) is 0 Å². The topological polar surface area (TPSA) is 0 Å². The van der Waals surface area contributed by atoms with Crippen LogP contribution in [-0.4, -0.2) is 0 Å². The normalized spacial score (nSPS) is 12.5. The minimum Gasteiger partial charge on any atom is -0.0915 e. The van der Waals surface area contributed by atoms with Crippen LogP contribution >= 0.6 is 0 Å². The Balaban J connectivity index is 4.03. The summed E-state index contributed by atoms with van der Waals surface area (Å²) in [7, 11) is 0. The lowest BCUT2D eigenvalue weighted by Gasteiger charge is -1.97. The van der Waals surface area contributed by atoms with Gasteiger partial charge in [0.05, 0.1) is 0 Å². The molecule has 0 fully saturated rings. The highest BCUT2D eigenvalue weighted by Crippen LogP contribution is 2.08. The van der Waals surface area contributed by atoms with Crippen molar-refractivity contribution in [3.8, 4) is 0 Å². The van der Waals surface area contributed by atoms with Gasteiger partial charge in [0.25, 0.3) is 0 Å². The number of rotatable bonds is 4. The van der Waals surface area contributed by atoms with E-state index in [-0.39, 0.29) is 0 Å². The van der Waals surface area contributed by atoms with E-state index in [0.29, 0.717) is 0 Å². The molecule has 0 saturated heterocycles. The first-order valence-corrected chi connectivity index (χ1v) is 4.24. The van der Waals surface area contributed by atoms with E-state index in [0.717, 1.165) is 18.4 Å². The van der Waals surface area contributed by atoms with E-state index >= 15 is 0 Å². The second-order valence-electron chi connectivity index (χ2n) is 2.63. The van der Waals surface area contributed by atoms with Crippen molar-refractivity contribution in [2.45, 2.75) is 33.6 Å². The van der Waals surface area contributed by atoms with Crippen LogP contribution in [-0.2, 0) is 0 Å². The summed E-state index contributed by atoms with van der Waals surface area (Å²) < 4.78 is 0. The van der Waals surface area contributed by atoms with E-state index in [9.17, 15) is 0 Å². The predicted octanol–water partition coefficient (Wildman–Crippen LogP) is 3.87. The maximum atomic E-state index is 3.96. The van der Waals surface area contributed by atoms with Crippen molar-refractivity contribution in [2.24, 2.45) is 0 Å². The summed E-state index contributed by atoms with van der Waals surface area (Å²) in [6.07, 6.45) is 8.59. The van der Waals surface area contributed by atoms with E-state index < -0.39 is 0 Å². The van der Waals surface area contributed by atoms with Crippen LogP contribution in [0, 0.1) is 0 Å². The summed E-state index contributed by atoms with van der Waals surface area (Å²) in [4.78, 5) is 0. The zero-order valence-electron chi connectivity index (χ0n) is 7.85. The summed E-state index contributed by atoms with van der Waals surface area (Å²) in [5.74, 6) is 0. The van der Waals surface area contributed by atoms with Gasteiger partial charge in [0.1, 0.15) is 0 Å². The van der Waals surface area contributed by atoms with Gasteiger partial charge in [0, 0.05) is 0 Å². The zero-order chi connectivity index (χ0) is 8.69. The summed E-state index contributed by atoms with van der Waals surface area (Å²) in [5, 5.41) is 0. The molecule has 0 bridgehead atoms. The molecule has 0 amide bonds. The Morgan fingerprint density at radius 3 is 2.36 bits per heavy atom. The number of hydrogen-bond acceptors (Lipinski definition) is 0. The monoisotopic (exact) mass is 150 g/mol. The largest absolute Gasteiger partial charge is 0.0915 e. The van der Waals surface area contributed by atoms with Gasteiger partial charge in [0.2, 0.25) is 0 Å². The summed E-state index contributed by atoms with van der Waals surface area (Å²) >= 11 is 0. The molecule has 0 aromatic rings. The van der Waals surface area contributed by atoms with Gasteiger partial charge in [-0.25, -0.2) is 0 Å². The minimum atomic E-state index is 1.08. The quantitative estimate of drug-likeness (QED) is 0.534. The van der Waals surface area contributed by atoms with Crippen LogP contribution in [0.25, 0.3) is 0 Å². The molecule has 0 heterocycles. The molecule has 0 N–H and O–H groups in total. The number of allylic oxidation sites excluding steroid dienone is 5. The van der Waals surface area contributed by atoms with Gasteiger partial charge in [-0.15, -0.1) is 0 Å². The Morgan fingerprint density at radius 1 is 1.27 bits per heavy atom. The first-order valence-electron chi connectivity index (χ1n) is 4.24. The average molecular weight is 150 g/mol. The van der Waals surface area contributed by atoms with Crippen LogP contribution in [0.1, 0.15) is 33.6 Å². The molecule has 0 aliphatic rings. The maximum Gasteiger partial charge on any atom is -0.0306 e. The van der Waals surface area contributed by atoms with Crippen molar-refractivity contribution in [2.75, 3.05) is 0 Å². The predicted molar refractivity (Wildman–Crippen MR) is 52.6 cm³/mol. The summed E-state index contributed by atoms with van der Waals surface area (Å²) in [6.45, 7) is 10.3. The lowest BCUT2D eigenvalue weighted by atomic mass is 10.1. The Bertz CT molecular complexity index is 170. The first kappa shape index (κ1) is 10.2. The molecule has 0 aromatic heterocycles. The third-order valence-electron chi connectivity index (χ3n) is 1.57. The molecule has 0 saturated carbocycles. The van der Waals surface area contributed by atoms with Gasteiger partial charge < -0.3 is 0 Å². The molecule has 11 heavy (non-hydrogen) atoms. The lowest BCUT2D eigenvalue weighted by Crippen LogP contribution is -1.77. The summed E-state index contributed by atoms with van der Waals surface area (Å²) in [6, 6.07) is 0. The first-order chi connectivity index (χ1) is 5.22. The molecule has 0 aliphatic carbocycles. The SMILES string of the molecule is C=C(/C=C\CC)/C(C)=C/CC. The van der Waals surface area contributed by atoms with Crippen LogP contribution in [0.4, 0.5) is 0 Å². The second-order valence-corrected chi connectivity index (χ2v) is 2.63.